The highest BCUT2D eigenvalue weighted by Crippen LogP contribution is 2.25. The van der Waals surface area contributed by atoms with Crippen LogP contribution in [0.2, 0.25) is 0 Å². The lowest BCUT2D eigenvalue weighted by atomic mass is 10.1. The molecule has 0 saturated heterocycles. The highest BCUT2D eigenvalue weighted by atomic mass is 16.5. The molecule has 1 amide bonds. The summed E-state index contributed by atoms with van der Waals surface area (Å²) in [4.78, 5) is 16.2. The fourth-order valence-corrected chi connectivity index (χ4v) is 2.06. The van der Waals surface area contributed by atoms with Crippen LogP contribution in [0.1, 0.15) is 39.2 Å². The average Bonchev–Trinajstić information content (AvgIpc) is 2.58. The van der Waals surface area contributed by atoms with Gasteiger partial charge in [-0.15, -0.1) is 0 Å². The molecule has 4 heteroatoms. The molecule has 0 atom stereocenters. The second-order valence-electron chi connectivity index (χ2n) is 5.74. The molecule has 1 aromatic rings. The minimum Gasteiger partial charge on any atom is -0.490 e. The number of amides is 1. The van der Waals surface area contributed by atoms with E-state index in [0.717, 1.165) is 17.0 Å². The first-order valence-corrected chi connectivity index (χ1v) is 8.57. The second-order valence-corrected chi connectivity index (χ2v) is 5.74. The maximum atomic E-state index is 12.0. The van der Waals surface area contributed by atoms with Gasteiger partial charge >= 0.3 is 0 Å². The highest BCUT2D eigenvalue weighted by molar-refractivity contribution is 5.91. The van der Waals surface area contributed by atoms with Crippen LogP contribution in [-0.2, 0) is 4.79 Å². The van der Waals surface area contributed by atoms with Crippen LogP contribution >= 0.6 is 0 Å². The van der Waals surface area contributed by atoms with Crippen molar-refractivity contribution in [2.24, 2.45) is 4.99 Å². The first-order valence-electron chi connectivity index (χ1n) is 8.57. The van der Waals surface area contributed by atoms with Crippen molar-refractivity contribution in [1.82, 2.24) is 0 Å². The summed E-state index contributed by atoms with van der Waals surface area (Å²) in [5.74, 6) is 0.746. The summed E-state index contributed by atoms with van der Waals surface area (Å²) in [6.07, 6.45) is 12.4. The van der Waals surface area contributed by atoms with Gasteiger partial charge in [-0.2, -0.15) is 0 Å². The lowest BCUT2D eigenvalue weighted by Gasteiger charge is -2.14. The number of aliphatic imine (C=N–C) groups is 1. The number of rotatable bonds is 10. The highest BCUT2D eigenvalue weighted by Gasteiger charge is 2.07. The van der Waals surface area contributed by atoms with Crippen LogP contribution in [0, 0.1) is 0 Å². The average molecular weight is 340 g/mol. The number of hydrogen-bond acceptors (Lipinski definition) is 3. The maximum absolute atomic E-state index is 12.0. The molecule has 0 saturated carbocycles. The number of hydrogen-bond donors (Lipinski definition) is 1. The van der Waals surface area contributed by atoms with Crippen LogP contribution < -0.4 is 10.1 Å². The lowest BCUT2D eigenvalue weighted by molar-refractivity contribution is -0.116. The van der Waals surface area contributed by atoms with Crippen LogP contribution in [0.15, 0.2) is 54.1 Å². The van der Waals surface area contributed by atoms with Gasteiger partial charge in [0, 0.05) is 30.4 Å². The summed E-state index contributed by atoms with van der Waals surface area (Å²) in [5, 5.41) is 2.90. The van der Waals surface area contributed by atoms with Gasteiger partial charge in [0.15, 0.2) is 0 Å². The van der Waals surface area contributed by atoms with Crippen molar-refractivity contribution in [3.05, 3.63) is 54.6 Å². The summed E-state index contributed by atoms with van der Waals surface area (Å²) in [6, 6.07) is 5.56. The molecule has 0 aliphatic carbocycles. The fraction of sp³-hybridized carbons (Fsp3) is 0.333. The van der Waals surface area contributed by atoms with Crippen molar-refractivity contribution in [2.45, 2.75) is 39.7 Å². The molecule has 0 heterocycles. The molecule has 4 nitrogen and oxygen atoms in total. The minimum atomic E-state index is -0.0211. The zero-order valence-corrected chi connectivity index (χ0v) is 15.4. The number of nitrogens with one attached hydrogen (secondary N) is 1. The molecular weight excluding hydrogens is 312 g/mol. The Hall–Kier alpha value is -2.62. The molecule has 1 N–H and O–H groups in total. The number of nitrogens with zero attached hydrogens (tertiary/aromatic N) is 1. The van der Waals surface area contributed by atoms with Crippen molar-refractivity contribution in [2.75, 3.05) is 11.9 Å². The summed E-state index contributed by atoms with van der Waals surface area (Å²) in [6.45, 7) is 10.3. The Morgan fingerprint density at radius 1 is 1.32 bits per heavy atom. The van der Waals surface area contributed by atoms with E-state index in [-0.39, 0.29) is 12.0 Å². The summed E-state index contributed by atoms with van der Waals surface area (Å²) in [5.41, 5.74) is 1.61. The number of carbonyl (C=O) groups is 1. The predicted octanol–water partition coefficient (Wildman–Crippen LogP) is 5.04. The van der Waals surface area contributed by atoms with E-state index >= 15 is 0 Å². The van der Waals surface area contributed by atoms with E-state index in [1.807, 2.05) is 63.3 Å². The summed E-state index contributed by atoms with van der Waals surface area (Å²) >= 11 is 0. The van der Waals surface area contributed by atoms with Gasteiger partial charge in [-0.25, -0.2) is 0 Å². The van der Waals surface area contributed by atoms with E-state index < -0.39 is 0 Å². The van der Waals surface area contributed by atoms with E-state index in [2.05, 4.69) is 16.9 Å². The maximum Gasteiger partial charge on any atom is 0.224 e. The van der Waals surface area contributed by atoms with Gasteiger partial charge in [0.05, 0.1) is 6.10 Å². The summed E-state index contributed by atoms with van der Waals surface area (Å²) in [7, 11) is 0. The van der Waals surface area contributed by atoms with Crippen molar-refractivity contribution in [3.8, 4) is 5.75 Å². The van der Waals surface area contributed by atoms with Crippen LogP contribution in [0.3, 0.4) is 0 Å². The molecule has 0 aliphatic heterocycles. The Morgan fingerprint density at radius 2 is 2.12 bits per heavy atom. The number of anilines is 1. The van der Waals surface area contributed by atoms with Crippen molar-refractivity contribution < 1.29 is 9.53 Å². The molecule has 0 spiro atoms. The second kappa shape index (κ2) is 11.8. The Bertz CT molecular complexity index is 643. The zero-order chi connectivity index (χ0) is 18.5. The monoisotopic (exact) mass is 340 g/mol. The smallest absolute Gasteiger partial charge is 0.224 e. The Labute approximate surface area is 151 Å². The van der Waals surface area contributed by atoms with Gasteiger partial charge in [-0.05, 0) is 51.5 Å². The number of ether oxygens (including phenoxy) is 1. The van der Waals surface area contributed by atoms with Crippen LogP contribution in [0.25, 0.3) is 6.08 Å². The molecule has 1 rings (SSSR count). The topological polar surface area (TPSA) is 50.7 Å². The quantitative estimate of drug-likeness (QED) is 0.368. The largest absolute Gasteiger partial charge is 0.490 e. The SMILES string of the molecule is C=Cc1cc(NC(=O)CCCN=C/C=C\C=C/C)ccc1OC(C)C. The van der Waals surface area contributed by atoms with Gasteiger partial charge in [-0.1, -0.05) is 30.9 Å². The van der Waals surface area contributed by atoms with Crippen LogP contribution in [0.4, 0.5) is 5.69 Å². The molecule has 1 aromatic carbocycles. The van der Waals surface area contributed by atoms with Gasteiger partial charge in [0.25, 0.3) is 0 Å². The first-order chi connectivity index (χ1) is 12.1. The predicted molar refractivity (Wildman–Crippen MR) is 107 cm³/mol. The van der Waals surface area contributed by atoms with E-state index in [4.69, 9.17) is 4.74 Å². The van der Waals surface area contributed by atoms with E-state index in [0.29, 0.717) is 19.4 Å². The first kappa shape index (κ1) is 20.4. The van der Waals surface area contributed by atoms with Crippen molar-refractivity contribution >= 4 is 23.9 Å². The normalized spacial score (nSPS) is 11.7. The molecule has 0 aromatic heterocycles. The molecule has 134 valence electrons. The van der Waals surface area contributed by atoms with E-state index in [1.165, 1.54) is 0 Å². The van der Waals surface area contributed by atoms with Gasteiger partial charge < -0.3 is 10.1 Å². The Morgan fingerprint density at radius 3 is 2.80 bits per heavy atom. The fourth-order valence-electron chi connectivity index (χ4n) is 2.06. The zero-order valence-electron chi connectivity index (χ0n) is 15.4. The van der Waals surface area contributed by atoms with E-state index in [1.54, 1.807) is 12.3 Å². The van der Waals surface area contributed by atoms with Gasteiger partial charge in [-0.3, -0.25) is 9.79 Å². The Kier molecular flexibility index (Phi) is 9.68. The third-order valence-corrected chi connectivity index (χ3v) is 3.17. The third kappa shape index (κ3) is 8.70. The number of benzene rings is 1. The standard InChI is InChI=1S/C21H28N2O2/c1-5-7-8-9-14-22-15-10-11-21(24)23-19-12-13-20(25-17(3)4)18(6-2)16-19/h5-9,12-14,16-17H,2,10-11,15H2,1,3-4H3,(H,23,24)/b7-5-,9-8-,22-14?. The van der Waals surface area contributed by atoms with Crippen LogP contribution in [0.5, 0.6) is 5.75 Å². The molecule has 0 radical (unpaired) electrons. The van der Waals surface area contributed by atoms with E-state index in [9.17, 15) is 4.79 Å². The molecule has 0 aliphatic rings. The molecule has 0 fully saturated rings. The summed E-state index contributed by atoms with van der Waals surface area (Å²) < 4.78 is 5.71. The van der Waals surface area contributed by atoms with Crippen molar-refractivity contribution in [3.63, 3.8) is 0 Å². The molecule has 0 unspecified atom stereocenters. The van der Waals surface area contributed by atoms with Gasteiger partial charge in [0.1, 0.15) is 5.75 Å². The Balaban J connectivity index is 2.45. The van der Waals surface area contributed by atoms with Crippen LogP contribution in [-0.4, -0.2) is 24.8 Å². The van der Waals surface area contributed by atoms with Gasteiger partial charge in [0.2, 0.25) is 5.91 Å². The molecule has 0 bridgehead atoms. The molecule has 25 heavy (non-hydrogen) atoms. The third-order valence-electron chi connectivity index (χ3n) is 3.17. The lowest BCUT2D eigenvalue weighted by Crippen LogP contribution is -2.12. The van der Waals surface area contributed by atoms with Crippen molar-refractivity contribution in [1.29, 1.82) is 0 Å². The number of carbonyl (C=O) groups excluding carboxylic acids is 1. The number of allylic oxidation sites excluding steroid dienone is 4. The molecular formula is C21H28N2O2. The minimum absolute atomic E-state index is 0.0211.